The zero-order chi connectivity index (χ0) is 13.1. The normalized spacial score (nSPS) is 10.6. The Morgan fingerprint density at radius 2 is 1.84 bits per heavy atom. The molecule has 0 unspecified atom stereocenters. The summed E-state index contributed by atoms with van der Waals surface area (Å²) in [6.07, 6.45) is 3.29. The standard InChI is InChI=1S/C14H13N5/c15-9-10-3-1-2-4-11(10)18-13-6-5-12-14(19-13)17-8-7-16-12/h1-8H,9,15H2,(H,17,18,19). The highest BCUT2D eigenvalue weighted by atomic mass is 15.0. The summed E-state index contributed by atoms with van der Waals surface area (Å²) in [5, 5.41) is 3.26. The van der Waals surface area contributed by atoms with Gasteiger partial charge in [0.2, 0.25) is 0 Å². The van der Waals surface area contributed by atoms with Gasteiger partial charge in [0.05, 0.1) is 0 Å². The van der Waals surface area contributed by atoms with E-state index in [1.807, 2.05) is 36.4 Å². The minimum Gasteiger partial charge on any atom is -0.340 e. The van der Waals surface area contributed by atoms with Gasteiger partial charge in [-0.05, 0) is 23.8 Å². The molecule has 0 fully saturated rings. The van der Waals surface area contributed by atoms with Crippen molar-refractivity contribution in [1.29, 1.82) is 0 Å². The molecule has 3 aromatic rings. The third-order valence-corrected chi connectivity index (χ3v) is 2.83. The number of pyridine rings is 1. The first-order valence-corrected chi connectivity index (χ1v) is 5.99. The number of nitrogens with one attached hydrogen (secondary N) is 1. The van der Waals surface area contributed by atoms with Crippen LogP contribution in [0, 0.1) is 0 Å². The van der Waals surface area contributed by atoms with E-state index in [1.165, 1.54) is 0 Å². The number of benzene rings is 1. The largest absolute Gasteiger partial charge is 0.340 e. The Kier molecular flexibility index (Phi) is 3.04. The van der Waals surface area contributed by atoms with Gasteiger partial charge in [0.25, 0.3) is 0 Å². The zero-order valence-corrected chi connectivity index (χ0v) is 10.2. The zero-order valence-electron chi connectivity index (χ0n) is 10.2. The van der Waals surface area contributed by atoms with Gasteiger partial charge in [-0.25, -0.2) is 9.97 Å². The van der Waals surface area contributed by atoms with Gasteiger partial charge in [-0.3, -0.25) is 4.98 Å². The molecule has 0 aliphatic rings. The molecule has 19 heavy (non-hydrogen) atoms. The molecule has 2 heterocycles. The van der Waals surface area contributed by atoms with E-state index in [0.717, 1.165) is 22.6 Å². The maximum absolute atomic E-state index is 5.71. The van der Waals surface area contributed by atoms with Crippen LogP contribution in [-0.2, 0) is 6.54 Å². The van der Waals surface area contributed by atoms with Crippen LogP contribution in [0.4, 0.5) is 11.5 Å². The highest BCUT2D eigenvalue weighted by Gasteiger charge is 2.03. The number of fused-ring (bicyclic) bond motifs is 1. The van der Waals surface area contributed by atoms with Crippen molar-refractivity contribution in [3.63, 3.8) is 0 Å². The molecule has 5 heteroatoms. The molecule has 0 spiro atoms. The number of nitrogens with two attached hydrogens (primary N) is 1. The van der Waals surface area contributed by atoms with Gasteiger partial charge in [0, 0.05) is 24.6 Å². The maximum Gasteiger partial charge on any atom is 0.180 e. The van der Waals surface area contributed by atoms with Crippen molar-refractivity contribution in [2.75, 3.05) is 5.32 Å². The van der Waals surface area contributed by atoms with Gasteiger partial charge in [0.1, 0.15) is 11.3 Å². The van der Waals surface area contributed by atoms with Crippen LogP contribution in [0.25, 0.3) is 11.2 Å². The Balaban J connectivity index is 1.96. The lowest BCUT2D eigenvalue weighted by molar-refractivity contribution is 1.07. The quantitative estimate of drug-likeness (QED) is 0.746. The second-order valence-corrected chi connectivity index (χ2v) is 4.08. The fourth-order valence-corrected chi connectivity index (χ4v) is 1.88. The van der Waals surface area contributed by atoms with Gasteiger partial charge < -0.3 is 11.1 Å². The molecule has 94 valence electrons. The van der Waals surface area contributed by atoms with Crippen molar-refractivity contribution < 1.29 is 0 Å². The molecule has 2 aromatic heterocycles. The van der Waals surface area contributed by atoms with Crippen LogP contribution >= 0.6 is 0 Å². The van der Waals surface area contributed by atoms with Gasteiger partial charge in [-0.15, -0.1) is 0 Å². The Labute approximate surface area is 110 Å². The number of hydrogen-bond donors (Lipinski definition) is 2. The minimum atomic E-state index is 0.483. The summed E-state index contributed by atoms with van der Waals surface area (Å²) >= 11 is 0. The molecule has 0 radical (unpaired) electrons. The first-order valence-electron chi connectivity index (χ1n) is 5.99. The van der Waals surface area contributed by atoms with E-state index in [-0.39, 0.29) is 0 Å². The molecule has 0 aliphatic carbocycles. The fourth-order valence-electron chi connectivity index (χ4n) is 1.88. The molecule has 0 saturated heterocycles. The van der Waals surface area contributed by atoms with E-state index in [4.69, 9.17) is 5.73 Å². The fraction of sp³-hybridized carbons (Fsp3) is 0.0714. The van der Waals surface area contributed by atoms with Crippen LogP contribution in [0.3, 0.4) is 0 Å². The summed E-state index contributed by atoms with van der Waals surface area (Å²) in [6.45, 7) is 0.483. The molecule has 0 aliphatic heterocycles. The Bertz CT molecular complexity index is 711. The monoisotopic (exact) mass is 251 g/mol. The lowest BCUT2D eigenvalue weighted by Gasteiger charge is -2.10. The molecular formula is C14H13N5. The second-order valence-electron chi connectivity index (χ2n) is 4.08. The van der Waals surface area contributed by atoms with E-state index in [1.54, 1.807) is 12.4 Å². The van der Waals surface area contributed by atoms with E-state index in [9.17, 15) is 0 Å². The summed E-state index contributed by atoms with van der Waals surface area (Å²) in [7, 11) is 0. The molecule has 0 amide bonds. The smallest absolute Gasteiger partial charge is 0.180 e. The van der Waals surface area contributed by atoms with E-state index < -0.39 is 0 Å². The number of anilines is 2. The molecular weight excluding hydrogens is 238 g/mol. The number of hydrogen-bond acceptors (Lipinski definition) is 5. The topological polar surface area (TPSA) is 76.7 Å². The highest BCUT2D eigenvalue weighted by molar-refractivity contribution is 5.73. The first-order chi connectivity index (χ1) is 9.36. The predicted molar refractivity (Wildman–Crippen MR) is 74.9 cm³/mol. The van der Waals surface area contributed by atoms with Crippen molar-refractivity contribution in [2.45, 2.75) is 6.54 Å². The Morgan fingerprint density at radius 1 is 1.00 bits per heavy atom. The molecule has 3 rings (SSSR count). The van der Waals surface area contributed by atoms with Crippen molar-refractivity contribution in [2.24, 2.45) is 5.73 Å². The lowest BCUT2D eigenvalue weighted by atomic mass is 10.2. The van der Waals surface area contributed by atoms with Gasteiger partial charge in [0.15, 0.2) is 5.65 Å². The molecule has 0 bridgehead atoms. The SMILES string of the molecule is NCc1ccccc1Nc1ccc2nccnc2n1. The van der Waals surface area contributed by atoms with Crippen LogP contribution < -0.4 is 11.1 Å². The predicted octanol–water partition coefficient (Wildman–Crippen LogP) is 2.23. The van der Waals surface area contributed by atoms with E-state index in [2.05, 4.69) is 20.3 Å². The number of rotatable bonds is 3. The second kappa shape index (κ2) is 4.99. The average Bonchev–Trinajstić information content (AvgIpc) is 2.48. The summed E-state index contributed by atoms with van der Waals surface area (Å²) < 4.78 is 0. The molecule has 0 atom stereocenters. The summed E-state index contributed by atoms with van der Waals surface area (Å²) in [5.74, 6) is 0.730. The van der Waals surface area contributed by atoms with Crippen LogP contribution in [0.2, 0.25) is 0 Å². The third kappa shape index (κ3) is 2.36. The molecule has 3 N–H and O–H groups in total. The lowest BCUT2D eigenvalue weighted by Crippen LogP contribution is -2.02. The van der Waals surface area contributed by atoms with Crippen molar-refractivity contribution in [3.8, 4) is 0 Å². The Hall–Kier alpha value is -2.53. The number of nitrogens with zero attached hydrogens (tertiary/aromatic N) is 3. The van der Waals surface area contributed by atoms with Crippen LogP contribution in [0.5, 0.6) is 0 Å². The first kappa shape index (κ1) is 11.6. The van der Waals surface area contributed by atoms with E-state index >= 15 is 0 Å². The van der Waals surface area contributed by atoms with Crippen molar-refractivity contribution in [3.05, 3.63) is 54.4 Å². The molecule has 1 aromatic carbocycles. The van der Waals surface area contributed by atoms with Crippen LogP contribution in [0.15, 0.2) is 48.8 Å². The summed E-state index contributed by atoms with van der Waals surface area (Å²) in [4.78, 5) is 12.8. The highest BCUT2D eigenvalue weighted by Crippen LogP contribution is 2.20. The number of para-hydroxylation sites is 1. The third-order valence-electron chi connectivity index (χ3n) is 2.83. The van der Waals surface area contributed by atoms with Crippen LogP contribution in [-0.4, -0.2) is 15.0 Å². The average molecular weight is 251 g/mol. The van der Waals surface area contributed by atoms with Gasteiger partial charge >= 0.3 is 0 Å². The molecule has 0 saturated carbocycles. The summed E-state index contributed by atoms with van der Waals surface area (Å²) in [5.41, 5.74) is 9.12. The molecule has 5 nitrogen and oxygen atoms in total. The Morgan fingerprint density at radius 3 is 2.74 bits per heavy atom. The van der Waals surface area contributed by atoms with Crippen molar-refractivity contribution >= 4 is 22.7 Å². The van der Waals surface area contributed by atoms with Crippen LogP contribution in [0.1, 0.15) is 5.56 Å². The maximum atomic E-state index is 5.71. The van der Waals surface area contributed by atoms with Gasteiger partial charge in [-0.2, -0.15) is 0 Å². The van der Waals surface area contributed by atoms with E-state index in [0.29, 0.717) is 12.2 Å². The van der Waals surface area contributed by atoms with Crippen molar-refractivity contribution in [1.82, 2.24) is 15.0 Å². The summed E-state index contributed by atoms with van der Waals surface area (Å²) in [6, 6.07) is 11.7. The van der Waals surface area contributed by atoms with Gasteiger partial charge in [-0.1, -0.05) is 18.2 Å². The minimum absolute atomic E-state index is 0.483. The number of aromatic nitrogens is 3.